The Morgan fingerprint density at radius 1 is 1.18 bits per heavy atom. The first kappa shape index (κ1) is 24.4. The zero-order valence-electron chi connectivity index (χ0n) is 20.4. The molecule has 0 radical (unpaired) electrons. The predicted molar refractivity (Wildman–Crippen MR) is 131 cm³/mol. The first-order chi connectivity index (χ1) is 18.5. The third-order valence-corrected chi connectivity index (χ3v) is 8.06. The van der Waals surface area contributed by atoms with Crippen LogP contribution in [0.3, 0.4) is 0 Å². The van der Waals surface area contributed by atoms with Crippen LogP contribution in [0.1, 0.15) is 5.56 Å². The normalized spacial score (nSPS) is 26.4. The van der Waals surface area contributed by atoms with E-state index < -0.39 is 23.4 Å². The molecular weight excluding hydrogens is 493 g/mol. The molecule has 4 heterocycles. The van der Waals surface area contributed by atoms with Crippen molar-refractivity contribution in [3.05, 3.63) is 60.4 Å². The fraction of sp³-hybridized carbons (Fsp3) is 0.423. The smallest absolute Gasteiger partial charge is 0.414 e. The van der Waals surface area contributed by atoms with Crippen molar-refractivity contribution in [2.75, 3.05) is 37.7 Å². The largest absolute Gasteiger partial charge is 0.442 e. The number of nitrogens with zero attached hydrogens (tertiary/aromatic N) is 7. The highest BCUT2D eigenvalue weighted by Crippen LogP contribution is 2.63. The number of carbonyl (C=O) groups excluding carboxylic acids is 1. The van der Waals surface area contributed by atoms with E-state index in [2.05, 4.69) is 21.4 Å². The minimum atomic E-state index is -0.718. The Hall–Kier alpha value is -3.92. The monoisotopic (exact) mass is 519 g/mol. The molecule has 1 amide bonds. The van der Waals surface area contributed by atoms with Crippen LogP contribution in [-0.2, 0) is 16.7 Å². The summed E-state index contributed by atoms with van der Waals surface area (Å²) in [4.78, 5) is 20.2. The van der Waals surface area contributed by atoms with Gasteiger partial charge >= 0.3 is 6.09 Å². The van der Waals surface area contributed by atoms with Crippen LogP contribution in [0.2, 0.25) is 0 Å². The van der Waals surface area contributed by atoms with E-state index in [-0.39, 0.29) is 37.6 Å². The summed E-state index contributed by atoms with van der Waals surface area (Å²) in [5, 5.41) is 36.8. The average molecular weight is 520 g/mol. The van der Waals surface area contributed by atoms with Gasteiger partial charge in [-0.25, -0.2) is 13.9 Å². The number of aromatic nitrogens is 4. The van der Waals surface area contributed by atoms with Crippen LogP contribution < -0.4 is 4.90 Å². The van der Waals surface area contributed by atoms with Crippen LogP contribution in [-0.4, -0.2) is 86.2 Å². The molecule has 11 nitrogen and oxygen atoms in total. The molecule has 2 N–H and O–H groups in total. The number of hydrogen-bond acceptors (Lipinski definition) is 9. The van der Waals surface area contributed by atoms with E-state index >= 15 is 4.39 Å². The van der Waals surface area contributed by atoms with Gasteiger partial charge in [0.1, 0.15) is 11.9 Å². The van der Waals surface area contributed by atoms with Crippen LogP contribution in [0.15, 0.2) is 49.1 Å². The molecule has 3 aromatic rings. The number of benzene rings is 1. The van der Waals surface area contributed by atoms with E-state index in [1.165, 1.54) is 11.0 Å². The molecule has 2 unspecified atom stereocenters. The molecule has 38 heavy (non-hydrogen) atoms. The lowest BCUT2D eigenvalue weighted by Gasteiger charge is -2.28. The first-order valence-corrected chi connectivity index (χ1v) is 12.4. The van der Waals surface area contributed by atoms with Crippen molar-refractivity contribution in [2.24, 2.45) is 11.8 Å². The molecule has 1 aromatic carbocycles. The molecular formula is C26H26FN7O4. The Balaban J connectivity index is 1.20. The fourth-order valence-electron chi connectivity index (χ4n) is 5.99. The molecule has 12 heteroatoms. The van der Waals surface area contributed by atoms with Crippen molar-refractivity contribution >= 4 is 11.8 Å². The van der Waals surface area contributed by atoms with Gasteiger partial charge in [-0.2, -0.15) is 5.26 Å². The third kappa shape index (κ3) is 3.91. The van der Waals surface area contributed by atoms with Gasteiger partial charge in [-0.1, -0.05) is 5.21 Å². The number of aliphatic hydroxyl groups is 2. The van der Waals surface area contributed by atoms with Gasteiger partial charge in [-0.05, 0) is 29.8 Å². The molecule has 3 atom stereocenters. The number of anilines is 1. The molecule has 3 aliphatic rings. The van der Waals surface area contributed by atoms with E-state index in [9.17, 15) is 20.3 Å². The number of carbonyl (C=O) groups is 1. The molecule has 2 aromatic heterocycles. The van der Waals surface area contributed by atoms with Gasteiger partial charge < -0.3 is 14.9 Å². The Kier molecular flexibility index (Phi) is 6.06. The van der Waals surface area contributed by atoms with Gasteiger partial charge in [0.2, 0.25) is 0 Å². The lowest BCUT2D eigenvalue weighted by atomic mass is 9.90. The molecule has 2 saturated heterocycles. The minimum Gasteiger partial charge on any atom is -0.442 e. The Bertz CT molecular complexity index is 1380. The summed E-state index contributed by atoms with van der Waals surface area (Å²) < 4.78 is 22.3. The molecule has 3 fully saturated rings. The second-order valence-electron chi connectivity index (χ2n) is 10.0. The van der Waals surface area contributed by atoms with Crippen molar-refractivity contribution < 1.29 is 24.1 Å². The van der Waals surface area contributed by atoms with Crippen molar-refractivity contribution in [3.63, 3.8) is 0 Å². The lowest BCUT2D eigenvalue weighted by molar-refractivity contribution is 0.0793. The summed E-state index contributed by atoms with van der Waals surface area (Å²) in [6.45, 7) is 1.52. The summed E-state index contributed by atoms with van der Waals surface area (Å²) in [7, 11) is 0. The van der Waals surface area contributed by atoms with E-state index in [0.717, 1.165) is 5.56 Å². The third-order valence-electron chi connectivity index (χ3n) is 8.06. The second kappa shape index (κ2) is 9.43. The number of aliphatic hydroxyl groups excluding tert-OH is 2. The number of nitriles is 1. The number of cyclic esters (lactones) is 1. The van der Waals surface area contributed by atoms with Crippen molar-refractivity contribution in [2.45, 2.75) is 24.1 Å². The van der Waals surface area contributed by atoms with Crippen LogP contribution in [0, 0.1) is 29.0 Å². The van der Waals surface area contributed by atoms with Gasteiger partial charge in [-0.15, -0.1) is 5.10 Å². The molecule has 1 aliphatic carbocycles. The predicted octanol–water partition coefficient (Wildman–Crippen LogP) is 1.18. The summed E-state index contributed by atoms with van der Waals surface area (Å²) >= 11 is 0. The number of ether oxygens (including phenoxy) is 1. The number of hydrogen-bond donors (Lipinski definition) is 2. The number of likely N-dealkylation sites (tertiary alicyclic amines) is 1. The zero-order chi connectivity index (χ0) is 26.4. The summed E-state index contributed by atoms with van der Waals surface area (Å²) in [6.07, 6.45) is 5.44. The molecule has 0 bridgehead atoms. The first-order valence-electron chi connectivity index (χ1n) is 12.4. The summed E-state index contributed by atoms with van der Waals surface area (Å²) in [5.41, 5.74) is 1.26. The topological polar surface area (TPSA) is 141 Å². The molecule has 196 valence electrons. The number of rotatable bonds is 8. The van der Waals surface area contributed by atoms with Crippen LogP contribution >= 0.6 is 0 Å². The minimum absolute atomic E-state index is 0.0593. The number of piperidine rings is 1. The van der Waals surface area contributed by atoms with Crippen LogP contribution in [0.5, 0.6) is 0 Å². The molecule has 0 spiro atoms. The van der Waals surface area contributed by atoms with Crippen LogP contribution in [0.25, 0.3) is 11.1 Å². The van der Waals surface area contributed by atoms with Gasteiger partial charge in [0, 0.05) is 54.6 Å². The fourth-order valence-corrected chi connectivity index (χ4v) is 5.99. The highest BCUT2D eigenvalue weighted by atomic mass is 19.1. The van der Waals surface area contributed by atoms with Crippen molar-refractivity contribution in [3.8, 4) is 17.2 Å². The molecule has 6 rings (SSSR count). The van der Waals surface area contributed by atoms with Gasteiger partial charge in [0.05, 0.1) is 55.7 Å². The summed E-state index contributed by atoms with van der Waals surface area (Å²) in [6, 6.07) is 8.52. The Morgan fingerprint density at radius 2 is 1.97 bits per heavy atom. The Morgan fingerprint density at radius 3 is 2.63 bits per heavy atom. The average Bonchev–Trinajstić information content (AvgIpc) is 3.42. The van der Waals surface area contributed by atoms with Crippen molar-refractivity contribution in [1.82, 2.24) is 24.9 Å². The Labute approximate surface area is 217 Å². The SMILES string of the molecule is N#CC1(c2cncc(-c3ccc(N4C[C@H](Cn5ccnn5)OC4=O)cc3F)c2)C2CN(C(CO)CO)CC21. The van der Waals surface area contributed by atoms with E-state index in [4.69, 9.17) is 4.74 Å². The highest BCUT2D eigenvalue weighted by molar-refractivity contribution is 5.90. The van der Waals surface area contributed by atoms with Crippen LogP contribution in [0.4, 0.5) is 14.9 Å². The van der Waals surface area contributed by atoms with Gasteiger partial charge in [0.15, 0.2) is 0 Å². The van der Waals surface area contributed by atoms with E-state index in [1.54, 1.807) is 41.6 Å². The van der Waals surface area contributed by atoms with E-state index in [1.807, 2.05) is 11.0 Å². The van der Waals surface area contributed by atoms with Gasteiger partial charge in [-0.3, -0.25) is 14.8 Å². The number of fused-ring (bicyclic) bond motifs is 1. The maximum absolute atomic E-state index is 15.3. The maximum atomic E-state index is 15.3. The van der Waals surface area contributed by atoms with Crippen molar-refractivity contribution in [1.29, 1.82) is 5.26 Å². The number of pyridine rings is 1. The van der Waals surface area contributed by atoms with E-state index in [0.29, 0.717) is 36.4 Å². The highest BCUT2D eigenvalue weighted by Gasteiger charge is 2.70. The zero-order valence-corrected chi connectivity index (χ0v) is 20.4. The number of halogens is 1. The standard InChI is InChI=1S/C26H26FN7O4/c27-24-6-18(34-10-20(38-25(34)37)9-33-4-3-30-31-33)1-2-21(24)16-5-17(8-29-7-16)26(15-28)22-11-32(12-23(22)26)19(13-35)14-36/h1-8,19-20,22-23,35-36H,9-14H2/t20-,22?,23?,26?/m0/s1. The lowest BCUT2D eigenvalue weighted by Crippen LogP contribution is -2.42. The molecule has 1 saturated carbocycles. The second-order valence-corrected chi connectivity index (χ2v) is 10.0. The van der Waals surface area contributed by atoms with Gasteiger partial charge in [0.25, 0.3) is 0 Å². The maximum Gasteiger partial charge on any atom is 0.414 e. The number of amides is 1. The summed E-state index contributed by atoms with van der Waals surface area (Å²) in [5.74, 6) is -0.399. The quantitative estimate of drug-likeness (QED) is 0.449. The molecule has 2 aliphatic heterocycles.